The highest BCUT2D eigenvalue weighted by molar-refractivity contribution is 6.38. The molecule has 0 saturated carbocycles. The number of aromatic nitrogens is 2. The van der Waals surface area contributed by atoms with E-state index in [0.29, 0.717) is 0 Å². The number of nitrogens with zero attached hydrogens (tertiary/aromatic N) is 4. The summed E-state index contributed by atoms with van der Waals surface area (Å²) < 4.78 is 5.23. The number of aryl methyl sites for hydroxylation is 2. The van der Waals surface area contributed by atoms with E-state index < -0.39 is 0 Å². The standard InChI is InChI=1S/C71H54N4/c1-5-9-23-48(8-4)62-66-56-42-44-60(72(50-26-15-11-16-27-50)52-38-34-46(6-2)35-39-52)64-55-31-20-22-33-59(55)75(68(56)64)71(66)63(49-24-13-10-14-25-49)67-57-43-45-61(65-54-30-19-21-32-58(54)74(69(57)65)70(62)67)73(51-28-17-12-18-29-51)53-40-36-47(7-3)37-41-53/h5,8-45H,1,6-7H2,2-4H3/b23-9-,48-8+. The zero-order chi connectivity index (χ0) is 50.3. The van der Waals surface area contributed by atoms with Gasteiger partial charge in [-0.3, -0.25) is 0 Å². The van der Waals surface area contributed by atoms with Crippen molar-refractivity contribution in [2.24, 2.45) is 0 Å². The lowest BCUT2D eigenvalue weighted by atomic mass is 9.88. The molecule has 4 nitrogen and oxygen atoms in total. The summed E-state index contributed by atoms with van der Waals surface area (Å²) in [7, 11) is 0. The Morgan fingerprint density at radius 3 is 1.35 bits per heavy atom. The Bertz CT molecular complexity index is 4440. The number of allylic oxidation sites excluding steroid dienone is 5. The number of hydrogen-bond acceptors (Lipinski definition) is 2. The third-order valence-electron chi connectivity index (χ3n) is 15.8. The van der Waals surface area contributed by atoms with E-state index in [4.69, 9.17) is 0 Å². The molecule has 14 rings (SSSR count). The van der Waals surface area contributed by atoms with Crippen LogP contribution in [0, 0.1) is 0 Å². The van der Waals surface area contributed by atoms with Crippen LogP contribution in [0.4, 0.5) is 34.1 Å². The number of rotatable bonds is 12. The second-order valence-electron chi connectivity index (χ2n) is 19.7. The van der Waals surface area contributed by atoms with Crippen molar-refractivity contribution in [3.05, 3.63) is 260 Å². The van der Waals surface area contributed by atoms with Crippen molar-refractivity contribution in [1.29, 1.82) is 0 Å². The average molecular weight is 963 g/mol. The maximum Gasteiger partial charge on any atom is 0.0642 e. The molecule has 4 aromatic heterocycles. The van der Waals surface area contributed by atoms with Crippen LogP contribution in [-0.4, -0.2) is 8.80 Å². The second kappa shape index (κ2) is 17.7. The van der Waals surface area contributed by atoms with Gasteiger partial charge in [0.15, 0.2) is 0 Å². The predicted molar refractivity (Wildman–Crippen MR) is 322 cm³/mol. The molecule has 0 radical (unpaired) electrons. The molecule has 0 atom stereocenters. The molecule has 0 aliphatic heterocycles. The zero-order valence-corrected chi connectivity index (χ0v) is 42.4. The monoisotopic (exact) mass is 962 g/mol. The van der Waals surface area contributed by atoms with Gasteiger partial charge in [-0.15, -0.1) is 0 Å². The molecule has 0 fully saturated rings. The summed E-state index contributed by atoms with van der Waals surface area (Å²) in [5.41, 5.74) is 21.3. The Morgan fingerprint density at radius 2 is 0.867 bits per heavy atom. The lowest BCUT2D eigenvalue weighted by Crippen LogP contribution is -2.10. The fraction of sp³-hybridized carbons (Fsp3) is 0.0704. The van der Waals surface area contributed by atoms with E-state index in [1.807, 2.05) is 6.08 Å². The summed E-state index contributed by atoms with van der Waals surface area (Å²) >= 11 is 0. The van der Waals surface area contributed by atoms with Crippen LogP contribution in [0.15, 0.2) is 243 Å². The topological polar surface area (TPSA) is 15.3 Å². The fourth-order valence-electron chi connectivity index (χ4n) is 12.5. The van der Waals surface area contributed by atoms with Crippen LogP contribution in [0.3, 0.4) is 0 Å². The lowest BCUT2D eigenvalue weighted by molar-refractivity contribution is 1.14. The van der Waals surface area contributed by atoms with Gasteiger partial charge in [0.2, 0.25) is 0 Å². The molecule has 358 valence electrons. The Kier molecular flexibility index (Phi) is 10.5. The minimum absolute atomic E-state index is 0.984. The Balaban J connectivity index is 1.21. The van der Waals surface area contributed by atoms with Gasteiger partial charge >= 0.3 is 0 Å². The Labute approximate surface area is 436 Å². The molecule has 10 aromatic carbocycles. The van der Waals surface area contributed by atoms with E-state index in [1.54, 1.807) is 0 Å². The van der Waals surface area contributed by atoms with Gasteiger partial charge in [0.1, 0.15) is 0 Å². The van der Waals surface area contributed by atoms with Gasteiger partial charge in [-0.25, -0.2) is 0 Å². The number of anilines is 6. The zero-order valence-electron chi connectivity index (χ0n) is 42.4. The van der Waals surface area contributed by atoms with E-state index in [0.717, 1.165) is 52.5 Å². The normalized spacial score (nSPS) is 12.4. The van der Waals surface area contributed by atoms with Crippen molar-refractivity contribution in [1.82, 2.24) is 8.80 Å². The van der Waals surface area contributed by atoms with Gasteiger partial charge in [-0.05, 0) is 115 Å². The highest BCUT2D eigenvalue weighted by Crippen LogP contribution is 2.56. The number of fused-ring (bicyclic) bond motifs is 12. The molecule has 0 spiro atoms. The molecule has 4 heteroatoms. The highest BCUT2D eigenvalue weighted by Gasteiger charge is 2.33. The summed E-state index contributed by atoms with van der Waals surface area (Å²) in [5, 5.41) is 9.78. The van der Waals surface area contributed by atoms with Gasteiger partial charge in [-0.2, -0.15) is 0 Å². The lowest BCUT2D eigenvalue weighted by Gasteiger charge is -2.26. The maximum atomic E-state index is 4.18. The van der Waals surface area contributed by atoms with Gasteiger partial charge in [-0.1, -0.05) is 184 Å². The summed E-state index contributed by atoms with van der Waals surface area (Å²) in [6.45, 7) is 10.8. The van der Waals surface area contributed by atoms with E-state index in [9.17, 15) is 0 Å². The molecular formula is C71H54N4. The molecule has 0 unspecified atom stereocenters. The molecule has 75 heavy (non-hydrogen) atoms. The van der Waals surface area contributed by atoms with Crippen molar-refractivity contribution in [2.75, 3.05) is 9.80 Å². The summed E-state index contributed by atoms with van der Waals surface area (Å²) in [4.78, 5) is 4.91. The molecule has 0 saturated heterocycles. The van der Waals surface area contributed by atoms with E-state index in [2.05, 4.69) is 277 Å². The molecule has 14 aromatic rings. The van der Waals surface area contributed by atoms with Crippen LogP contribution < -0.4 is 9.80 Å². The summed E-state index contributed by atoms with van der Waals surface area (Å²) in [5.74, 6) is 0. The molecule has 0 N–H and O–H groups in total. The van der Waals surface area contributed by atoms with Crippen molar-refractivity contribution < 1.29 is 0 Å². The smallest absolute Gasteiger partial charge is 0.0642 e. The maximum absolute atomic E-state index is 4.18. The third-order valence-corrected chi connectivity index (χ3v) is 15.8. The largest absolute Gasteiger partial charge is 0.310 e. The molecule has 0 aliphatic rings. The van der Waals surface area contributed by atoms with Crippen molar-refractivity contribution in [3.8, 4) is 11.1 Å². The van der Waals surface area contributed by atoms with Crippen LogP contribution in [0.25, 0.3) is 92.9 Å². The number of benzene rings is 10. The quantitative estimate of drug-likeness (QED) is 0.113. The Morgan fingerprint density at radius 1 is 0.427 bits per heavy atom. The fourth-order valence-corrected chi connectivity index (χ4v) is 12.5. The third kappa shape index (κ3) is 6.55. The van der Waals surface area contributed by atoms with Gasteiger partial charge in [0.05, 0.1) is 44.5 Å². The van der Waals surface area contributed by atoms with Crippen molar-refractivity contribution in [3.63, 3.8) is 0 Å². The van der Waals surface area contributed by atoms with Gasteiger partial charge < -0.3 is 18.6 Å². The first kappa shape index (κ1) is 44.3. The first-order valence-corrected chi connectivity index (χ1v) is 26.4. The number of para-hydroxylation sites is 4. The molecule has 0 aliphatic carbocycles. The van der Waals surface area contributed by atoms with Crippen LogP contribution in [-0.2, 0) is 12.8 Å². The first-order chi connectivity index (χ1) is 37.1. The molecular weight excluding hydrogens is 909 g/mol. The summed E-state index contributed by atoms with van der Waals surface area (Å²) in [6, 6.07) is 78.8. The predicted octanol–water partition coefficient (Wildman–Crippen LogP) is 19.9. The van der Waals surface area contributed by atoms with E-state index in [-0.39, 0.29) is 0 Å². The molecule has 0 amide bonds. The van der Waals surface area contributed by atoms with Crippen molar-refractivity contribution >= 4 is 116 Å². The van der Waals surface area contributed by atoms with Crippen molar-refractivity contribution in [2.45, 2.75) is 33.6 Å². The van der Waals surface area contributed by atoms with Crippen LogP contribution in [0.2, 0.25) is 0 Å². The van der Waals surface area contributed by atoms with E-state index in [1.165, 1.54) is 104 Å². The van der Waals surface area contributed by atoms with Gasteiger partial charge in [0.25, 0.3) is 0 Å². The average Bonchev–Trinajstić information content (AvgIpc) is 4.42. The molecule has 0 bridgehead atoms. The SMILES string of the molecule is C=C/C=C\C(=C/C)c1c2c3ccc(N(c4ccccc4)c4ccc(CC)cc4)c4c5ccccc5n(c2c(-c2ccccc2)c2c5ccc(N(c6ccccc6)c6ccc(CC)cc6)c6c7ccccc7n(c12)c56)c34. The van der Waals surface area contributed by atoms with Crippen LogP contribution >= 0.6 is 0 Å². The van der Waals surface area contributed by atoms with Gasteiger partial charge in [0, 0.05) is 77.0 Å². The minimum atomic E-state index is 0.984. The minimum Gasteiger partial charge on any atom is -0.310 e. The number of hydrogen-bond donors (Lipinski definition) is 0. The van der Waals surface area contributed by atoms with E-state index >= 15 is 0 Å². The highest BCUT2D eigenvalue weighted by atomic mass is 15.2. The first-order valence-electron chi connectivity index (χ1n) is 26.4. The van der Waals surface area contributed by atoms with Crippen LogP contribution in [0.1, 0.15) is 37.5 Å². The second-order valence-corrected chi connectivity index (χ2v) is 19.7. The van der Waals surface area contributed by atoms with Crippen LogP contribution in [0.5, 0.6) is 0 Å². The summed E-state index contributed by atoms with van der Waals surface area (Å²) in [6.07, 6.45) is 10.5. The molecule has 4 heterocycles. The Hall–Kier alpha value is -9.38.